The van der Waals surface area contributed by atoms with E-state index in [2.05, 4.69) is 20.6 Å². The molecule has 0 amide bonds. The van der Waals surface area contributed by atoms with Crippen LogP contribution >= 0.6 is 0 Å². The number of anilines is 2. The van der Waals surface area contributed by atoms with Crippen LogP contribution < -0.4 is 10.6 Å². The molecule has 0 saturated heterocycles. The first-order valence-corrected chi connectivity index (χ1v) is 5.88. The van der Waals surface area contributed by atoms with Crippen molar-refractivity contribution in [3.05, 3.63) is 47.8 Å². The molecular weight excluding hydrogens is 250 g/mol. The normalized spacial score (nSPS) is 10.3. The van der Waals surface area contributed by atoms with Gasteiger partial charge in [-0.1, -0.05) is 6.07 Å². The van der Waals surface area contributed by atoms with Crippen LogP contribution in [-0.2, 0) is 6.42 Å². The van der Waals surface area contributed by atoms with Gasteiger partial charge in [0.25, 0.3) is 0 Å². The second-order valence-electron chi connectivity index (χ2n) is 3.90. The fourth-order valence-corrected chi connectivity index (χ4v) is 1.62. The highest BCUT2D eigenvalue weighted by atomic mass is 19.1. The molecule has 0 fully saturated rings. The molecule has 0 aliphatic rings. The second kappa shape index (κ2) is 6.08. The molecule has 0 bridgehead atoms. The van der Waals surface area contributed by atoms with Crippen LogP contribution in [0.1, 0.15) is 5.69 Å². The number of halogens is 2. The Balaban J connectivity index is 2.00. The highest BCUT2D eigenvalue weighted by Crippen LogP contribution is 2.18. The average Bonchev–Trinajstić information content (AvgIpc) is 2.42. The molecule has 2 heterocycles. The van der Waals surface area contributed by atoms with Crippen LogP contribution in [0, 0.1) is 11.6 Å². The van der Waals surface area contributed by atoms with Gasteiger partial charge in [-0.2, -0.15) is 0 Å². The fourth-order valence-electron chi connectivity index (χ4n) is 1.62. The zero-order valence-electron chi connectivity index (χ0n) is 10.5. The summed E-state index contributed by atoms with van der Waals surface area (Å²) >= 11 is 0. The lowest BCUT2D eigenvalue weighted by molar-refractivity contribution is 0.578. The minimum atomic E-state index is -0.713. The Bertz CT molecular complexity index is 546. The van der Waals surface area contributed by atoms with Gasteiger partial charge in [0.2, 0.25) is 0 Å². The number of rotatable bonds is 5. The van der Waals surface area contributed by atoms with Gasteiger partial charge in [-0.15, -0.1) is 0 Å². The SMILES string of the molecule is CNc1nc(NCCc2ccccn2)c(F)cc1F. The Labute approximate surface area is 109 Å². The van der Waals surface area contributed by atoms with Gasteiger partial charge in [0, 0.05) is 38.0 Å². The van der Waals surface area contributed by atoms with Crippen molar-refractivity contribution in [2.75, 3.05) is 24.2 Å². The summed E-state index contributed by atoms with van der Waals surface area (Å²) < 4.78 is 26.7. The van der Waals surface area contributed by atoms with E-state index in [1.54, 1.807) is 6.20 Å². The molecule has 4 nitrogen and oxygen atoms in total. The van der Waals surface area contributed by atoms with Crippen molar-refractivity contribution in [1.29, 1.82) is 0 Å². The molecule has 19 heavy (non-hydrogen) atoms. The maximum absolute atomic E-state index is 13.5. The van der Waals surface area contributed by atoms with E-state index in [-0.39, 0.29) is 11.6 Å². The van der Waals surface area contributed by atoms with Gasteiger partial charge in [-0.3, -0.25) is 4.98 Å². The topological polar surface area (TPSA) is 49.8 Å². The molecule has 0 spiro atoms. The first-order chi connectivity index (χ1) is 9.20. The molecular formula is C13H14F2N4. The monoisotopic (exact) mass is 264 g/mol. The lowest BCUT2D eigenvalue weighted by atomic mass is 10.2. The highest BCUT2D eigenvalue weighted by molar-refractivity contribution is 5.47. The summed E-state index contributed by atoms with van der Waals surface area (Å²) in [5.74, 6) is -1.38. The first-order valence-electron chi connectivity index (χ1n) is 5.88. The molecule has 0 unspecified atom stereocenters. The lowest BCUT2D eigenvalue weighted by Crippen LogP contribution is -2.10. The van der Waals surface area contributed by atoms with Crippen molar-refractivity contribution < 1.29 is 8.78 Å². The molecule has 0 saturated carbocycles. The average molecular weight is 264 g/mol. The molecule has 0 aromatic carbocycles. The first kappa shape index (κ1) is 13.2. The Morgan fingerprint density at radius 1 is 1.16 bits per heavy atom. The number of nitrogens with zero attached hydrogens (tertiary/aromatic N) is 2. The number of hydrogen-bond acceptors (Lipinski definition) is 4. The Hall–Kier alpha value is -2.24. The number of pyridine rings is 2. The molecule has 0 aliphatic heterocycles. The van der Waals surface area contributed by atoms with E-state index in [0.29, 0.717) is 13.0 Å². The van der Waals surface area contributed by atoms with Gasteiger partial charge in [-0.25, -0.2) is 13.8 Å². The minimum Gasteiger partial charge on any atom is -0.371 e. The van der Waals surface area contributed by atoms with E-state index in [1.807, 2.05) is 18.2 Å². The summed E-state index contributed by atoms with van der Waals surface area (Å²) in [5.41, 5.74) is 0.895. The van der Waals surface area contributed by atoms with E-state index in [4.69, 9.17) is 0 Å². The molecule has 2 aromatic heterocycles. The quantitative estimate of drug-likeness (QED) is 0.871. The van der Waals surface area contributed by atoms with Crippen molar-refractivity contribution in [2.24, 2.45) is 0 Å². The summed E-state index contributed by atoms with van der Waals surface area (Å²) in [6.07, 6.45) is 2.33. The lowest BCUT2D eigenvalue weighted by Gasteiger charge is -2.09. The van der Waals surface area contributed by atoms with Gasteiger partial charge >= 0.3 is 0 Å². The van der Waals surface area contributed by atoms with E-state index in [0.717, 1.165) is 11.8 Å². The molecule has 2 aromatic rings. The third-order valence-corrected chi connectivity index (χ3v) is 2.57. The van der Waals surface area contributed by atoms with Crippen LogP contribution in [0.15, 0.2) is 30.5 Å². The van der Waals surface area contributed by atoms with E-state index < -0.39 is 11.6 Å². The number of nitrogens with one attached hydrogen (secondary N) is 2. The predicted octanol–water partition coefficient (Wildman–Crippen LogP) is 2.45. The maximum Gasteiger partial charge on any atom is 0.168 e. The van der Waals surface area contributed by atoms with Crippen LogP contribution in [0.2, 0.25) is 0 Å². The maximum atomic E-state index is 13.5. The summed E-state index contributed by atoms with van der Waals surface area (Å²) in [6.45, 7) is 0.468. The van der Waals surface area contributed by atoms with E-state index in [1.165, 1.54) is 7.05 Å². The van der Waals surface area contributed by atoms with Crippen LogP contribution in [0.5, 0.6) is 0 Å². The summed E-state index contributed by atoms with van der Waals surface area (Å²) in [6, 6.07) is 6.41. The largest absolute Gasteiger partial charge is 0.371 e. The molecule has 2 N–H and O–H groups in total. The molecule has 100 valence electrons. The summed E-state index contributed by atoms with van der Waals surface area (Å²) in [5, 5.41) is 5.40. The number of hydrogen-bond donors (Lipinski definition) is 2. The zero-order chi connectivity index (χ0) is 13.7. The van der Waals surface area contributed by atoms with Crippen molar-refractivity contribution in [1.82, 2.24) is 9.97 Å². The fraction of sp³-hybridized carbons (Fsp3) is 0.231. The molecule has 2 rings (SSSR count). The van der Waals surface area contributed by atoms with E-state index >= 15 is 0 Å². The smallest absolute Gasteiger partial charge is 0.168 e. The molecule has 0 radical (unpaired) electrons. The third kappa shape index (κ3) is 3.37. The molecule has 0 atom stereocenters. The molecule has 6 heteroatoms. The highest BCUT2D eigenvalue weighted by Gasteiger charge is 2.10. The Morgan fingerprint density at radius 3 is 2.63 bits per heavy atom. The zero-order valence-corrected chi connectivity index (χ0v) is 10.5. The molecule has 0 aliphatic carbocycles. The van der Waals surface area contributed by atoms with Crippen molar-refractivity contribution in [3.63, 3.8) is 0 Å². The van der Waals surface area contributed by atoms with Crippen LogP contribution in [0.3, 0.4) is 0 Å². The van der Waals surface area contributed by atoms with Crippen molar-refractivity contribution in [2.45, 2.75) is 6.42 Å². The van der Waals surface area contributed by atoms with Crippen LogP contribution in [0.4, 0.5) is 20.4 Å². The van der Waals surface area contributed by atoms with E-state index in [9.17, 15) is 8.78 Å². The Kier molecular flexibility index (Phi) is 4.22. The van der Waals surface area contributed by atoms with Crippen LogP contribution in [-0.4, -0.2) is 23.6 Å². The van der Waals surface area contributed by atoms with Gasteiger partial charge in [0.15, 0.2) is 23.3 Å². The van der Waals surface area contributed by atoms with Gasteiger partial charge in [0.1, 0.15) is 0 Å². The second-order valence-corrected chi connectivity index (χ2v) is 3.90. The van der Waals surface area contributed by atoms with Gasteiger partial charge in [0.05, 0.1) is 0 Å². The van der Waals surface area contributed by atoms with Gasteiger partial charge in [-0.05, 0) is 12.1 Å². The third-order valence-electron chi connectivity index (χ3n) is 2.57. The summed E-state index contributed by atoms with van der Waals surface area (Å²) in [7, 11) is 1.53. The predicted molar refractivity (Wildman–Crippen MR) is 70.1 cm³/mol. The number of aromatic nitrogens is 2. The van der Waals surface area contributed by atoms with Crippen molar-refractivity contribution in [3.8, 4) is 0 Å². The standard InChI is InChI=1S/C13H14F2N4/c1-16-12-10(14)8-11(15)13(19-12)18-7-5-9-4-2-3-6-17-9/h2-4,6,8H,5,7H2,1H3,(H2,16,18,19). The Morgan fingerprint density at radius 2 is 1.95 bits per heavy atom. The van der Waals surface area contributed by atoms with Gasteiger partial charge < -0.3 is 10.6 Å². The van der Waals surface area contributed by atoms with Crippen molar-refractivity contribution >= 4 is 11.6 Å². The summed E-state index contributed by atoms with van der Waals surface area (Å²) in [4.78, 5) is 7.98. The van der Waals surface area contributed by atoms with Crippen LogP contribution in [0.25, 0.3) is 0 Å². The minimum absolute atomic E-state index is 0.0155.